The Bertz CT molecular complexity index is 1700. The maximum atomic E-state index is 12.8. The second-order valence-electron chi connectivity index (χ2n) is 10.3. The molecule has 0 radical (unpaired) electrons. The molecule has 3 aromatic carbocycles. The summed E-state index contributed by atoms with van der Waals surface area (Å²) in [6.07, 6.45) is 4.90. The summed E-state index contributed by atoms with van der Waals surface area (Å²) >= 11 is 0. The predicted molar refractivity (Wildman–Crippen MR) is 168 cm³/mol. The average Bonchev–Trinajstić information content (AvgIpc) is 3.46. The number of morpholine rings is 1. The Hall–Kier alpha value is -4.83. The third-order valence-corrected chi connectivity index (χ3v) is 7.38. The molecule has 0 unspecified atom stereocenters. The minimum atomic E-state index is -0.392. The molecule has 6 rings (SSSR count). The van der Waals surface area contributed by atoms with Crippen LogP contribution in [0.5, 0.6) is 0 Å². The molecule has 9 heteroatoms. The van der Waals surface area contributed by atoms with Gasteiger partial charge in [-0.3, -0.25) is 9.69 Å². The minimum Gasteiger partial charge on any atom is -0.437 e. The van der Waals surface area contributed by atoms with Crippen LogP contribution in [0.3, 0.4) is 0 Å². The molecule has 3 N–H and O–H groups in total. The number of aromatic nitrogens is 2. The molecule has 1 atom stereocenters. The quantitative estimate of drug-likeness (QED) is 0.186. The lowest BCUT2D eigenvalue weighted by Crippen LogP contribution is -2.36. The first-order valence-electron chi connectivity index (χ1n) is 14.3. The highest BCUT2D eigenvalue weighted by atomic mass is 16.5. The number of aliphatic hydroxyl groups excluding tert-OH is 1. The number of benzene rings is 3. The zero-order valence-corrected chi connectivity index (χ0v) is 23.6. The number of rotatable bonds is 10. The SMILES string of the molecule is O=C(/C=C/CN1CCOCC1)Nc1cccc(-c2c(-c3ccccc3)oc3ncnc(N[C@H](CO)c4ccccc4)c23)c1. The fourth-order valence-electron chi connectivity index (χ4n) is 5.22. The van der Waals surface area contributed by atoms with E-state index in [0.29, 0.717) is 34.9 Å². The normalized spacial score (nSPS) is 14.6. The Morgan fingerprint density at radius 3 is 2.47 bits per heavy atom. The predicted octanol–water partition coefficient (Wildman–Crippen LogP) is 5.53. The smallest absolute Gasteiger partial charge is 0.248 e. The van der Waals surface area contributed by atoms with Crippen LogP contribution < -0.4 is 10.6 Å². The van der Waals surface area contributed by atoms with Crippen LogP contribution in [0.2, 0.25) is 0 Å². The first-order chi connectivity index (χ1) is 21.2. The van der Waals surface area contributed by atoms with E-state index in [1.165, 1.54) is 6.33 Å². The van der Waals surface area contributed by atoms with Crippen molar-refractivity contribution in [2.24, 2.45) is 0 Å². The number of carbonyl (C=O) groups excluding carboxylic acids is 1. The van der Waals surface area contributed by atoms with E-state index in [9.17, 15) is 9.90 Å². The van der Waals surface area contributed by atoms with Crippen LogP contribution in [0.25, 0.3) is 33.6 Å². The fourth-order valence-corrected chi connectivity index (χ4v) is 5.22. The van der Waals surface area contributed by atoms with Gasteiger partial charge in [-0.25, -0.2) is 9.97 Å². The van der Waals surface area contributed by atoms with E-state index in [1.54, 1.807) is 6.08 Å². The lowest BCUT2D eigenvalue weighted by Gasteiger charge is -2.25. The van der Waals surface area contributed by atoms with Crippen molar-refractivity contribution >= 4 is 28.5 Å². The summed E-state index contributed by atoms with van der Waals surface area (Å²) in [7, 11) is 0. The van der Waals surface area contributed by atoms with Crippen LogP contribution in [-0.2, 0) is 9.53 Å². The first-order valence-corrected chi connectivity index (χ1v) is 14.3. The van der Waals surface area contributed by atoms with Gasteiger partial charge < -0.3 is 24.9 Å². The van der Waals surface area contributed by atoms with E-state index in [1.807, 2.05) is 91.0 Å². The van der Waals surface area contributed by atoms with Crippen molar-refractivity contribution in [3.05, 3.63) is 109 Å². The second kappa shape index (κ2) is 13.4. The molecule has 9 nitrogen and oxygen atoms in total. The Labute approximate surface area is 249 Å². The Morgan fingerprint density at radius 2 is 1.70 bits per heavy atom. The van der Waals surface area contributed by atoms with Gasteiger partial charge in [0.05, 0.1) is 31.2 Å². The summed E-state index contributed by atoms with van der Waals surface area (Å²) in [5.74, 6) is 0.965. The number of hydrogen-bond acceptors (Lipinski definition) is 8. The number of hydrogen-bond donors (Lipinski definition) is 3. The average molecular weight is 576 g/mol. The van der Waals surface area contributed by atoms with Crippen LogP contribution >= 0.6 is 0 Å². The zero-order valence-electron chi connectivity index (χ0n) is 23.6. The van der Waals surface area contributed by atoms with Crippen LogP contribution in [0.15, 0.2) is 108 Å². The highest BCUT2D eigenvalue weighted by Gasteiger charge is 2.24. The summed E-state index contributed by atoms with van der Waals surface area (Å²) in [4.78, 5) is 24.1. The molecule has 1 saturated heterocycles. The van der Waals surface area contributed by atoms with Crippen LogP contribution in [0.1, 0.15) is 11.6 Å². The maximum absolute atomic E-state index is 12.8. The highest BCUT2D eigenvalue weighted by molar-refractivity contribution is 6.07. The standard InChI is InChI=1S/C34H33N5O4/c40-22-28(24-9-3-1-4-10-24)38-33-31-30(32(25-11-5-2-6-12-25)43-34(31)36-23-35-33)26-13-7-14-27(21-26)37-29(41)15-8-16-39-17-19-42-20-18-39/h1-15,21,23,28,40H,16-20,22H2,(H,37,41)(H,35,36,38)/b15-8+/t28-/m1/s1. The molecule has 1 amide bonds. The third-order valence-electron chi connectivity index (χ3n) is 7.38. The van der Waals surface area contributed by atoms with E-state index in [4.69, 9.17) is 9.15 Å². The molecule has 1 aliphatic rings. The first kappa shape index (κ1) is 28.3. The van der Waals surface area contributed by atoms with Crippen LogP contribution in [0, 0.1) is 0 Å². The van der Waals surface area contributed by atoms with Gasteiger partial charge >= 0.3 is 0 Å². The summed E-state index contributed by atoms with van der Waals surface area (Å²) < 4.78 is 11.8. The lowest BCUT2D eigenvalue weighted by molar-refractivity contribution is -0.111. The number of carbonyl (C=O) groups is 1. The van der Waals surface area contributed by atoms with Crippen molar-refractivity contribution in [3.63, 3.8) is 0 Å². The molecule has 43 heavy (non-hydrogen) atoms. The molecule has 5 aromatic rings. The number of ether oxygens (including phenoxy) is 1. The van der Waals surface area contributed by atoms with Gasteiger partial charge in [0.1, 0.15) is 17.9 Å². The van der Waals surface area contributed by atoms with Gasteiger partial charge in [-0.15, -0.1) is 0 Å². The van der Waals surface area contributed by atoms with Crippen molar-refractivity contribution in [3.8, 4) is 22.5 Å². The Kier molecular flexibility index (Phi) is 8.84. The Morgan fingerprint density at radius 1 is 0.953 bits per heavy atom. The maximum Gasteiger partial charge on any atom is 0.248 e. The van der Waals surface area contributed by atoms with Crippen molar-refractivity contribution in [1.29, 1.82) is 0 Å². The summed E-state index contributed by atoms with van der Waals surface area (Å²) in [5, 5.41) is 17.3. The molecule has 3 heterocycles. The molecule has 0 saturated carbocycles. The van der Waals surface area contributed by atoms with Crippen molar-refractivity contribution in [1.82, 2.24) is 14.9 Å². The summed E-state index contributed by atoms with van der Waals surface area (Å²) in [5.41, 5.74) is 4.48. The van der Waals surface area contributed by atoms with Gasteiger partial charge in [0, 0.05) is 42.5 Å². The van der Waals surface area contributed by atoms with Gasteiger partial charge in [-0.2, -0.15) is 0 Å². The van der Waals surface area contributed by atoms with Crippen LogP contribution in [0.4, 0.5) is 11.5 Å². The van der Waals surface area contributed by atoms with E-state index in [0.717, 1.165) is 48.6 Å². The van der Waals surface area contributed by atoms with Gasteiger partial charge in [0.15, 0.2) is 0 Å². The van der Waals surface area contributed by atoms with E-state index in [2.05, 4.69) is 25.5 Å². The lowest BCUT2D eigenvalue weighted by atomic mass is 9.98. The Balaban J connectivity index is 1.35. The number of anilines is 2. The molecular formula is C34H33N5O4. The molecule has 218 valence electrons. The largest absolute Gasteiger partial charge is 0.437 e. The second-order valence-corrected chi connectivity index (χ2v) is 10.3. The molecule has 0 bridgehead atoms. The number of furan rings is 1. The van der Waals surface area contributed by atoms with Crippen LogP contribution in [-0.4, -0.2) is 65.3 Å². The van der Waals surface area contributed by atoms with Gasteiger partial charge in [-0.1, -0.05) is 78.9 Å². The van der Waals surface area contributed by atoms with Crippen molar-refractivity contribution < 1.29 is 19.1 Å². The van der Waals surface area contributed by atoms with Gasteiger partial charge in [-0.05, 0) is 23.3 Å². The molecule has 1 aliphatic heterocycles. The molecule has 1 fully saturated rings. The number of nitrogens with zero attached hydrogens (tertiary/aromatic N) is 3. The third kappa shape index (κ3) is 6.65. The summed E-state index contributed by atoms with van der Waals surface area (Å²) in [6.45, 7) is 3.73. The molecule has 0 aliphatic carbocycles. The van der Waals surface area contributed by atoms with E-state index < -0.39 is 6.04 Å². The topological polar surface area (TPSA) is 113 Å². The molecule has 0 spiro atoms. The number of amides is 1. The summed E-state index contributed by atoms with van der Waals surface area (Å²) in [6, 6.07) is 26.8. The number of fused-ring (bicyclic) bond motifs is 1. The van der Waals surface area contributed by atoms with Gasteiger partial charge in [0.25, 0.3) is 0 Å². The van der Waals surface area contributed by atoms with E-state index >= 15 is 0 Å². The van der Waals surface area contributed by atoms with E-state index in [-0.39, 0.29) is 12.5 Å². The molecular weight excluding hydrogens is 542 g/mol. The van der Waals surface area contributed by atoms with Crippen molar-refractivity contribution in [2.75, 3.05) is 50.1 Å². The zero-order chi connectivity index (χ0) is 29.4. The fraction of sp³-hybridized carbons (Fsp3) is 0.206. The highest BCUT2D eigenvalue weighted by Crippen LogP contribution is 2.43. The van der Waals surface area contributed by atoms with Gasteiger partial charge in [0.2, 0.25) is 11.6 Å². The molecule has 2 aromatic heterocycles. The van der Waals surface area contributed by atoms with Crippen molar-refractivity contribution in [2.45, 2.75) is 6.04 Å². The minimum absolute atomic E-state index is 0.130. The number of aliphatic hydroxyl groups is 1. The monoisotopic (exact) mass is 575 g/mol. The number of nitrogens with one attached hydrogen (secondary N) is 2.